The summed E-state index contributed by atoms with van der Waals surface area (Å²) in [6, 6.07) is 15.2. The zero-order valence-electron chi connectivity index (χ0n) is 19.3. The molecule has 8 nitrogen and oxygen atoms in total. The van der Waals surface area contributed by atoms with E-state index in [1.807, 2.05) is 30.3 Å². The van der Waals surface area contributed by atoms with Gasteiger partial charge in [0.1, 0.15) is 12.4 Å². The zero-order chi connectivity index (χ0) is 24.6. The first-order valence-corrected chi connectivity index (χ1v) is 12.8. The molecule has 0 saturated heterocycles. The van der Waals surface area contributed by atoms with Gasteiger partial charge in [-0.1, -0.05) is 49.6 Å². The molecule has 1 aliphatic rings. The predicted molar refractivity (Wildman–Crippen MR) is 126 cm³/mol. The molecule has 1 fully saturated rings. The van der Waals surface area contributed by atoms with Crippen molar-refractivity contribution >= 4 is 22.0 Å². The molecule has 0 spiro atoms. The lowest BCUT2D eigenvalue weighted by atomic mass is 9.74. The van der Waals surface area contributed by atoms with Gasteiger partial charge in [-0.05, 0) is 42.7 Å². The standard InChI is InChI=1S/C25H31NO7S/c1-32-21-10-12-22(13-11-21)34(30,31)26(17-14-23(27)28)19-25(15-6-3-7-16-25)24(29)33-18-20-8-4-2-5-9-20/h2,4-5,8-13H,3,6-7,14-19H2,1H3,(H,27,28). The van der Waals surface area contributed by atoms with Crippen molar-refractivity contribution in [3.05, 3.63) is 60.2 Å². The molecule has 3 rings (SSSR count). The van der Waals surface area contributed by atoms with E-state index < -0.39 is 27.4 Å². The van der Waals surface area contributed by atoms with Crippen molar-refractivity contribution in [3.63, 3.8) is 0 Å². The van der Waals surface area contributed by atoms with E-state index in [9.17, 15) is 23.1 Å². The number of ether oxygens (including phenoxy) is 2. The maximum absolute atomic E-state index is 13.5. The van der Waals surface area contributed by atoms with Crippen LogP contribution in [0.25, 0.3) is 0 Å². The average molecular weight is 490 g/mol. The SMILES string of the molecule is COc1ccc(S(=O)(=O)N(CCC(=O)O)CC2(C(=O)OCc3ccccc3)CCCCC2)cc1. The second kappa shape index (κ2) is 11.5. The number of aliphatic carboxylic acids is 1. The second-order valence-corrected chi connectivity index (χ2v) is 10.5. The van der Waals surface area contributed by atoms with E-state index in [0.717, 1.165) is 29.1 Å². The van der Waals surface area contributed by atoms with Crippen LogP contribution >= 0.6 is 0 Å². The van der Waals surface area contributed by atoms with Crippen molar-refractivity contribution in [2.24, 2.45) is 5.41 Å². The molecule has 0 aromatic heterocycles. The maximum Gasteiger partial charge on any atom is 0.313 e. The Morgan fingerprint density at radius 3 is 2.24 bits per heavy atom. The highest BCUT2D eigenvalue weighted by molar-refractivity contribution is 7.89. The quantitative estimate of drug-likeness (QED) is 0.477. The largest absolute Gasteiger partial charge is 0.497 e. The number of nitrogens with zero attached hydrogens (tertiary/aromatic N) is 1. The van der Waals surface area contributed by atoms with Crippen LogP contribution in [0.1, 0.15) is 44.1 Å². The molecular formula is C25H31NO7S. The highest BCUT2D eigenvalue weighted by Gasteiger charge is 2.45. The van der Waals surface area contributed by atoms with Crippen LogP contribution in [0, 0.1) is 5.41 Å². The normalized spacial score (nSPS) is 15.6. The van der Waals surface area contributed by atoms with Gasteiger partial charge in [0.2, 0.25) is 10.0 Å². The van der Waals surface area contributed by atoms with E-state index in [-0.39, 0.29) is 31.0 Å². The van der Waals surface area contributed by atoms with E-state index in [4.69, 9.17) is 9.47 Å². The number of hydrogen-bond acceptors (Lipinski definition) is 6. The molecule has 0 atom stereocenters. The fourth-order valence-electron chi connectivity index (χ4n) is 4.27. The Morgan fingerprint density at radius 1 is 1.00 bits per heavy atom. The van der Waals surface area contributed by atoms with Crippen molar-refractivity contribution in [2.45, 2.75) is 50.0 Å². The molecule has 0 heterocycles. The smallest absolute Gasteiger partial charge is 0.313 e. The molecule has 2 aromatic rings. The fraction of sp³-hybridized carbons (Fsp3) is 0.440. The van der Waals surface area contributed by atoms with E-state index in [1.165, 1.54) is 31.4 Å². The average Bonchev–Trinajstić information content (AvgIpc) is 2.86. The molecule has 1 aliphatic carbocycles. The molecule has 184 valence electrons. The Kier molecular flexibility index (Phi) is 8.68. The van der Waals surface area contributed by atoms with Gasteiger partial charge in [0.15, 0.2) is 0 Å². The lowest BCUT2D eigenvalue weighted by Gasteiger charge is -2.38. The van der Waals surface area contributed by atoms with Crippen LogP contribution in [-0.2, 0) is 31.0 Å². The van der Waals surface area contributed by atoms with E-state index in [1.54, 1.807) is 0 Å². The summed E-state index contributed by atoms with van der Waals surface area (Å²) in [5, 5.41) is 9.23. The van der Waals surface area contributed by atoms with Crippen molar-refractivity contribution < 1.29 is 32.6 Å². The van der Waals surface area contributed by atoms with Crippen molar-refractivity contribution in [1.82, 2.24) is 4.31 Å². The number of rotatable bonds is 11. The third-order valence-electron chi connectivity index (χ3n) is 6.21. The van der Waals surface area contributed by atoms with Gasteiger partial charge < -0.3 is 14.6 Å². The Hall–Kier alpha value is -2.91. The molecule has 1 saturated carbocycles. The van der Waals surface area contributed by atoms with Crippen LogP contribution in [0.15, 0.2) is 59.5 Å². The van der Waals surface area contributed by atoms with Crippen LogP contribution in [0.4, 0.5) is 0 Å². The summed E-state index contributed by atoms with van der Waals surface area (Å²) in [5.74, 6) is -1.05. The molecular weight excluding hydrogens is 458 g/mol. The van der Waals surface area contributed by atoms with Gasteiger partial charge >= 0.3 is 11.9 Å². The summed E-state index contributed by atoms with van der Waals surface area (Å²) in [7, 11) is -2.57. The Bertz CT molecular complexity index is 1060. The number of carbonyl (C=O) groups excluding carboxylic acids is 1. The fourth-order valence-corrected chi connectivity index (χ4v) is 5.80. The summed E-state index contributed by atoms with van der Waals surface area (Å²) < 4.78 is 38.9. The van der Waals surface area contributed by atoms with Gasteiger partial charge in [0, 0.05) is 13.1 Å². The number of hydrogen-bond donors (Lipinski definition) is 1. The van der Waals surface area contributed by atoms with E-state index in [0.29, 0.717) is 18.6 Å². The minimum Gasteiger partial charge on any atom is -0.497 e. The first-order chi connectivity index (χ1) is 16.3. The first-order valence-electron chi connectivity index (χ1n) is 11.3. The maximum atomic E-state index is 13.5. The van der Waals surface area contributed by atoms with Crippen LogP contribution in [0.5, 0.6) is 5.75 Å². The summed E-state index contributed by atoms with van der Waals surface area (Å²) in [6.45, 7) is -0.262. The number of methoxy groups -OCH3 is 1. The monoisotopic (exact) mass is 489 g/mol. The molecule has 1 N–H and O–H groups in total. The second-order valence-electron chi connectivity index (χ2n) is 8.56. The third kappa shape index (κ3) is 6.36. The number of carboxylic acids is 1. The molecule has 0 radical (unpaired) electrons. The van der Waals surface area contributed by atoms with Crippen molar-refractivity contribution in [1.29, 1.82) is 0 Å². The number of esters is 1. The Morgan fingerprint density at radius 2 is 1.65 bits per heavy atom. The van der Waals surface area contributed by atoms with E-state index >= 15 is 0 Å². The molecule has 0 amide bonds. The number of carbonyl (C=O) groups is 2. The topological polar surface area (TPSA) is 110 Å². The molecule has 34 heavy (non-hydrogen) atoms. The minimum absolute atomic E-state index is 0.0160. The van der Waals surface area contributed by atoms with E-state index in [2.05, 4.69) is 0 Å². The van der Waals surface area contributed by atoms with Crippen molar-refractivity contribution in [2.75, 3.05) is 20.2 Å². The van der Waals surface area contributed by atoms with Crippen molar-refractivity contribution in [3.8, 4) is 5.75 Å². The van der Waals surface area contributed by atoms with Gasteiger partial charge in [-0.3, -0.25) is 9.59 Å². The number of benzene rings is 2. The molecule has 0 bridgehead atoms. The predicted octanol–water partition coefficient (Wildman–Crippen LogP) is 3.85. The first kappa shape index (κ1) is 25.7. The molecule has 0 aliphatic heterocycles. The van der Waals surface area contributed by atoms with Gasteiger partial charge in [0.25, 0.3) is 0 Å². The molecule has 9 heteroatoms. The Balaban J connectivity index is 1.87. The van der Waals surface area contributed by atoms with Crippen LogP contribution < -0.4 is 4.74 Å². The van der Waals surface area contributed by atoms with Gasteiger partial charge in [0.05, 0.1) is 23.8 Å². The Labute approximate surface area is 200 Å². The third-order valence-corrected chi connectivity index (χ3v) is 8.07. The van der Waals surface area contributed by atoms with Crippen LogP contribution in [0.3, 0.4) is 0 Å². The lowest BCUT2D eigenvalue weighted by Crippen LogP contribution is -2.48. The summed E-state index contributed by atoms with van der Waals surface area (Å²) in [5.41, 5.74) is -0.180. The van der Waals surface area contributed by atoms with Crippen LogP contribution in [-0.4, -0.2) is 50.0 Å². The number of carboxylic acid groups (broad SMARTS) is 1. The van der Waals surface area contributed by atoms with Gasteiger partial charge in [-0.15, -0.1) is 0 Å². The highest BCUT2D eigenvalue weighted by atomic mass is 32.2. The molecule has 2 aromatic carbocycles. The summed E-state index contributed by atoms with van der Waals surface area (Å²) >= 11 is 0. The minimum atomic E-state index is -4.05. The highest BCUT2D eigenvalue weighted by Crippen LogP contribution is 2.40. The zero-order valence-corrected chi connectivity index (χ0v) is 20.1. The summed E-state index contributed by atoms with van der Waals surface area (Å²) in [6.07, 6.45) is 3.11. The van der Waals surface area contributed by atoms with Gasteiger partial charge in [-0.2, -0.15) is 4.31 Å². The molecule has 0 unspecified atom stereocenters. The van der Waals surface area contributed by atoms with Gasteiger partial charge in [-0.25, -0.2) is 8.42 Å². The van der Waals surface area contributed by atoms with Crippen LogP contribution in [0.2, 0.25) is 0 Å². The summed E-state index contributed by atoms with van der Waals surface area (Å²) in [4.78, 5) is 24.6. The lowest BCUT2D eigenvalue weighted by molar-refractivity contribution is -0.160. The number of sulfonamides is 1.